The average molecular weight is 887 g/mol. The molecule has 13 aromatic carbocycles. The van der Waals surface area contributed by atoms with Crippen LogP contribution in [0.4, 0.5) is 0 Å². The van der Waals surface area contributed by atoms with Gasteiger partial charge in [-0.3, -0.25) is 0 Å². The van der Waals surface area contributed by atoms with Crippen molar-refractivity contribution in [2.45, 2.75) is 37.5 Å². The summed E-state index contributed by atoms with van der Waals surface area (Å²) in [5.74, 6) is 2.28. The van der Waals surface area contributed by atoms with E-state index >= 15 is 0 Å². The highest BCUT2D eigenvalue weighted by molar-refractivity contribution is 6.58. The number of allylic oxidation sites excluding steroid dienone is 13. The van der Waals surface area contributed by atoms with Gasteiger partial charge in [-0.2, -0.15) is 0 Å². The molecule has 0 bridgehead atoms. The molecule has 0 saturated heterocycles. The van der Waals surface area contributed by atoms with E-state index in [1.165, 1.54) is 98.1 Å². The quantitative estimate of drug-likeness (QED) is 0.114. The average Bonchev–Trinajstić information content (AvgIpc) is 3.44. The fourth-order valence-corrected chi connectivity index (χ4v) is 20.4. The third-order valence-electron chi connectivity index (χ3n) is 21.9. The van der Waals surface area contributed by atoms with E-state index in [1.54, 1.807) is 125 Å². The lowest BCUT2D eigenvalue weighted by Gasteiger charge is -2.57. The fourth-order valence-electron chi connectivity index (χ4n) is 20.4. The molecule has 0 heteroatoms. The van der Waals surface area contributed by atoms with Gasteiger partial charge >= 0.3 is 0 Å². The second kappa shape index (κ2) is 9.34. The van der Waals surface area contributed by atoms with Gasteiger partial charge in [-0.05, 0) is 247 Å². The molecule has 11 aliphatic carbocycles. The van der Waals surface area contributed by atoms with Gasteiger partial charge in [0, 0.05) is 35.5 Å². The third-order valence-corrected chi connectivity index (χ3v) is 21.9. The molecule has 6 atom stereocenters. The van der Waals surface area contributed by atoms with Crippen LogP contribution in [0.5, 0.6) is 0 Å². The molecule has 13 aromatic rings. The largest absolute Gasteiger partial charge is 0.0616 e. The summed E-state index contributed by atoms with van der Waals surface area (Å²) in [7, 11) is 0. The zero-order valence-electron chi connectivity index (χ0n) is 38.7. The van der Waals surface area contributed by atoms with E-state index in [2.05, 4.69) is 141 Å². The maximum absolute atomic E-state index is 2.73. The Hall–Kier alpha value is -8.06. The van der Waals surface area contributed by atoms with Gasteiger partial charge in [-0.25, -0.2) is 0 Å². The molecule has 11 aliphatic rings. The molecule has 0 amide bonds. The van der Waals surface area contributed by atoms with Crippen molar-refractivity contribution in [1.29, 1.82) is 0 Å². The van der Waals surface area contributed by atoms with E-state index in [1.807, 2.05) is 0 Å². The number of hydrogen-bond acceptors (Lipinski definition) is 0. The highest BCUT2D eigenvalue weighted by Crippen LogP contribution is 2.73. The first kappa shape index (κ1) is 32.7. The van der Waals surface area contributed by atoms with Gasteiger partial charge in [0.15, 0.2) is 0 Å². The van der Waals surface area contributed by atoms with E-state index in [9.17, 15) is 0 Å². The fraction of sp³-hybridized carbons (Fsp3) is 0.127. The van der Waals surface area contributed by atoms with Crippen LogP contribution in [0.1, 0.15) is 82.0 Å². The summed E-state index contributed by atoms with van der Waals surface area (Å²) in [5, 5.41) is 39.6. The van der Waals surface area contributed by atoms with Crippen molar-refractivity contribution in [3.05, 3.63) is 192 Å². The highest BCUT2D eigenvalue weighted by atomic mass is 14.6. The smallest absolute Gasteiger partial charge is 0.0365 e. The molecule has 0 aromatic heterocycles. The second-order valence-corrected chi connectivity index (χ2v) is 24.4. The lowest BCUT2D eigenvalue weighted by Crippen LogP contribution is -2.47. The van der Waals surface area contributed by atoms with E-state index in [0.29, 0.717) is 29.6 Å². The first-order valence-electron chi connectivity index (χ1n) is 26.6. The topological polar surface area (TPSA) is 0 Å². The first-order valence-corrected chi connectivity index (χ1v) is 26.6. The second-order valence-electron chi connectivity index (χ2n) is 24.4. The Bertz CT molecular complexity index is 5660. The lowest BCUT2D eigenvalue weighted by atomic mass is 9.45. The molecule has 71 heavy (non-hydrogen) atoms. The van der Waals surface area contributed by atoms with Crippen LogP contribution in [-0.4, -0.2) is 0 Å². The molecule has 0 aliphatic heterocycles. The molecule has 1 saturated carbocycles. The Kier molecular flexibility index (Phi) is 4.30. The van der Waals surface area contributed by atoms with Gasteiger partial charge in [-0.1, -0.05) is 123 Å². The summed E-state index contributed by atoms with van der Waals surface area (Å²) in [6.07, 6.45) is 28.2. The van der Waals surface area contributed by atoms with Crippen molar-refractivity contribution in [1.82, 2.24) is 0 Å². The molecule has 0 spiro atoms. The van der Waals surface area contributed by atoms with Gasteiger partial charge in [-0.15, -0.1) is 0 Å². The van der Waals surface area contributed by atoms with E-state index in [-0.39, 0.29) is 11.8 Å². The number of hydrogen-bond donors (Lipinski definition) is 0. The summed E-state index contributed by atoms with van der Waals surface area (Å²) in [6.45, 7) is 4.99. The van der Waals surface area contributed by atoms with Crippen molar-refractivity contribution in [2.24, 2.45) is 17.8 Å². The van der Waals surface area contributed by atoms with Crippen LogP contribution in [0, 0.1) is 17.8 Å². The number of rotatable bonds is 1. The first-order chi connectivity index (χ1) is 35.1. The zero-order chi connectivity index (χ0) is 44.6. The highest BCUT2D eigenvalue weighted by Gasteiger charge is 2.58. The normalized spacial score (nSPS) is 25.4. The van der Waals surface area contributed by atoms with Gasteiger partial charge in [0.2, 0.25) is 0 Å². The molecule has 0 N–H and O–H groups in total. The number of benzene rings is 13. The monoisotopic (exact) mass is 886 g/mol. The minimum absolute atomic E-state index is 0.176. The molecule has 0 radical (unpaired) electrons. The molecule has 6 unspecified atom stereocenters. The van der Waals surface area contributed by atoms with Gasteiger partial charge < -0.3 is 0 Å². The Balaban J connectivity index is 1.13. The Morgan fingerprint density at radius 2 is 1.07 bits per heavy atom. The maximum atomic E-state index is 2.73. The van der Waals surface area contributed by atoms with Gasteiger partial charge in [0.1, 0.15) is 0 Å². The van der Waals surface area contributed by atoms with Crippen molar-refractivity contribution in [2.75, 3.05) is 0 Å². The molecular weight excluding hydrogens is 853 g/mol. The van der Waals surface area contributed by atoms with Crippen LogP contribution >= 0.6 is 0 Å². The molecule has 24 rings (SSSR count). The predicted octanol–water partition coefficient (Wildman–Crippen LogP) is 16.4. The van der Waals surface area contributed by atoms with E-state index in [4.69, 9.17) is 0 Å². The molecule has 0 heterocycles. The summed E-state index contributed by atoms with van der Waals surface area (Å²) in [4.78, 5) is 0. The van der Waals surface area contributed by atoms with E-state index < -0.39 is 0 Å². The van der Waals surface area contributed by atoms with Crippen LogP contribution in [-0.2, 0) is 0 Å². The summed E-state index contributed by atoms with van der Waals surface area (Å²) < 4.78 is 0. The summed E-state index contributed by atoms with van der Waals surface area (Å²) in [6, 6.07) is 25.2. The van der Waals surface area contributed by atoms with Crippen LogP contribution in [0.15, 0.2) is 137 Å². The standard InChI is InChI=1S/C71H34/c1-24(2)41-39-22-30-12-10-26-14-16-38-35-7-3-5-27-17-31-20-33-21-32-19-29-11-9-25-13-15-37-36-8-4-6-28-18-34-23-40(41)55-62-51(34)57(43(28)36)64-52(37)44(25)46(29)58-49(32)60-50(33)59-48(31)56(42(27)35)65-53(38)45(26)47(30)61-54(39)63(55)71(67(59)69(61)65)68(60)70(62)66(58)64/h3-24,43-44,46,48,52,64H,1-2H3. The predicted molar refractivity (Wildman–Crippen MR) is 298 cm³/mol. The van der Waals surface area contributed by atoms with Crippen molar-refractivity contribution >= 4 is 159 Å². The van der Waals surface area contributed by atoms with Crippen LogP contribution < -0.4 is 10.4 Å². The molecule has 0 nitrogen and oxygen atoms in total. The minimum atomic E-state index is 0.176. The Labute approximate surface area is 403 Å². The van der Waals surface area contributed by atoms with Gasteiger partial charge in [0.05, 0.1) is 0 Å². The number of fused-ring (bicyclic) bond motifs is 2. The molecular formula is C71H34. The van der Waals surface area contributed by atoms with Crippen LogP contribution in [0.2, 0.25) is 0 Å². The van der Waals surface area contributed by atoms with Crippen molar-refractivity contribution in [3.63, 3.8) is 0 Å². The van der Waals surface area contributed by atoms with Crippen LogP contribution in [0.25, 0.3) is 159 Å². The van der Waals surface area contributed by atoms with Crippen LogP contribution in [0.3, 0.4) is 0 Å². The Morgan fingerprint density at radius 3 is 2.00 bits per heavy atom. The summed E-state index contributed by atoms with van der Waals surface area (Å²) in [5.41, 5.74) is 23.4. The molecule has 1 fully saturated rings. The third kappa shape index (κ3) is 2.76. The summed E-state index contributed by atoms with van der Waals surface area (Å²) >= 11 is 0. The zero-order valence-corrected chi connectivity index (χ0v) is 38.7. The SMILES string of the molecule is CC(C)c1c2cc3c4c5c6c7c8c9c(cc%10c%11c%12c%13c%14c%15c%16c%17c(cccc%17c%17ccc%18ccc%19cc1c(c%14c%19c%18c%17%15)c(c25)c%13c6c9%11)=CC(=C%10)C%16%12)C=C1C=CC2=CC=C5C6=CC=CC(=C3)C6C=4C7C5C2C18. The lowest BCUT2D eigenvalue weighted by molar-refractivity contribution is 0.326. The van der Waals surface area contributed by atoms with Crippen molar-refractivity contribution in [3.8, 4) is 0 Å². The van der Waals surface area contributed by atoms with Crippen molar-refractivity contribution < 1.29 is 0 Å². The van der Waals surface area contributed by atoms with Gasteiger partial charge in [0.25, 0.3) is 0 Å². The van der Waals surface area contributed by atoms with E-state index in [0.717, 1.165) is 0 Å². The maximum Gasteiger partial charge on any atom is 0.0365 e. The Morgan fingerprint density at radius 1 is 0.394 bits per heavy atom. The minimum Gasteiger partial charge on any atom is -0.0616 e. The molecule has 318 valence electrons.